The van der Waals surface area contributed by atoms with Crippen LogP contribution < -0.4 is 0 Å². The Bertz CT molecular complexity index is 426. The molecule has 0 aromatic carbocycles. The lowest BCUT2D eigenvalue weighted by Gasteiger charge is -2.20. The van der Waals surface area contributed by atoms with Crippen molar-refractivity contribution in [3.63, 3.8) is 0 Å². The zero-order chi connectivity index (χ0) is 18.4. The monoisotopic (exact) mass is 367 g/mol. The number of aliphatic hydroxyl groups excluding tert-OH is 1. The summed E-state index contributed by atoms with van der Waals surface area (Å²) in [5.74, 6) is -1.01. The van der Waals surface area contributed by atoms with Crippen LogP contribution in [0.1, 0.15) is 58.3 Å². The molecule has 0 saturated heterocycles. The predicted molar refractivity (Wildman–Crippen MR) is 93.5 cm³/mol. The Labute approximate surface area is 146 Å². The summed E-state index contributed by atoms with van der Waals surface area (Å²) in [5, 5.41) is 18.3. The average molecular weight is 368 g/mol. The molecule has 0 amide bonds. The molecule has 0 heterocycles. The third-order valence-electron chi connectivity index (χ3n) is 3.73. The third-order valence-corrected chi connectivity index (χ3v) is 5.03. The maximum Gasteiger partial charge on any atom is 0.329 e. The second-order valence-electron chi connectivity index (χ2n) is 6.11. The van der Waals surface area contributed by atoms with Crippen LogP contribution in [0.25, 0.3) is 0 Å². The van der Waals surface area contributed by atoms with Crippen LogP contribution in [-0.4, -0.2) is 67.6 Å². The fraction of sp³-hybridized carbons (Fsp3) is 0.938. The molecule has 0 unspecified atom stereocenters. The highest BCUT2D eigenvalue weighted by Crippen LogP contribution is 2.10. The Morgan fingerprint density at radius 3 is 2.29 bits per heavy atom. The molecule has 0 aromatic heterocycles. The van der Waals surface area contributed by atoms with Crippen LogP contribution in [0.5, 0.6) is 0 Å². The van der Waals surface area contributed by atoms with Crippen LogP contribution in [0.4, 0.5) is 0 Å². The molecule has 2 N–H and O–H groups in total. The molecule has 0 aliphatic carbocycles. The lowest BCUT2D eigenvalue weighted by atomic mass is 10.1. The highest BCUT2D eigenvalue weighted by molar-refractivity contribution is 7.88. The molecule has 144 valence electrons. The minimum Gasteiger partial charge on any atom is -0.480 e. The summed E-state index contributed by atoms with van der Waals surface area (Å²) >= 11 is 0. The molecular formula is C16H33NO6S. The first kappa shape index (κ1) is 23.3. The maximum absolute atomic E-state index is 11.8. The second kappa shape index (κ2) is 13.6. The van der Waals surface area contributed by atoms with Crippen molar-refractivity contribution in [3.8, 4) is 0 Å². The first-order valence-corrected chi connectivity index (χ1v) is 10.5. The van der Waals surface area contributed by atoms with Crippen LogP contribution in [0, 0.1) is 0 Å². The highest BCUT2D eigenvalue weighted by atomic mass is 32.2. The van der Waals surface area contributed by atoms with Crippen LogP contribution >= 0.6 is 0 Å². The molecule has 1 atom stereocenters. The largest absolute Gasteiger partial charge is 0.480 e. The number of hydrogen-bond acceptors (Lipinski definition) is 5. The zero-order valence-corrected chi connectivity index (χ0v) is 15.8. The van der Waals surface area contributed by atoms with E-state index in [1.807, 2.05) is 0 Å². The van der Waals surface area contributed by atoms with Gasteiger partial charge in [-0.1, -0.05) is 26.2 Å². The van der Waals surface area contributed by atoms with Gasteiger partial charge in [-0.2, -0.15) is 0 Å². The molecular weight excluding hydrogens is 334 g/mol. The SMILES string of the molecule is CCCCC[C@@H](O)CCCN(CCCCOCC(=O)O)S(C)(=O)=O. The van der Waals surface area contributed by atoms with Crippen LogP contribution in [0.2, 0.25) is 0 Å². The van der Waals surface area contributed by atoms with Crippen molar-refractivity contribution < 1.29 is 28.2 Å². The molecule has 0 aromatic rings. The van der Waals surface area contributed by atoms with Gasteiger partial charge in [0.25, 0.3) is 0 Å². The molecule has 0 fully saturated rings. The number of rotatable bonds is 16. The Morgan fingerprint density at radius 1 is 1.08 bits per heavy atom. The van der Waals surface area contributed by atoms with Crippen molar-refractivity contribution in [3.05, 3.63) is 0 Å². The van der Waals surface area contributed by atoms with E-state index in [9.17, 15) is 18.3 Å². The molecule has 0 bridgehead atoms. The van der Waals surface area contributed by atoms with E-state index in [1.54, 1.807) is 0 Å². The van der Waals surface area contributed by atoms with Gasteiger partial charge in [-0.25, -0.2) is 17.5 Å². The summed E-state index contributed by atoms with van der Waals surface area (Å²) in [6, 6.07) is 0. The van der Waals surface area contributed by atoms with Gasteiger partial charge in [-0.3, -0.25) is 0 Å². The number of nitrogens with zero attached hydrogens (tertiary/aromatic N) is 1. The summed E-state index contributed by atoms with van der Waals surface area (Å²) in [6.45, 7) is 2.88. The van der Waals surface area contributed by atoms with E-state index in [4.69, 9.17) is 9.84 Å². The Balaban J connectivity index is 3.96. The van der Waals surface area contributed by atoms with Gasteiger partial charge in [0.15, 0.2) is 0 Å². The molecule has 7 nitrogen and oxygen atoms in total. The highest BCUT2D eigenvalue weighted by Gasteiger charge is 2.16. The summed E-state index contributed by atoms with van der Waals surface area (Å²) in [7, 11) is -3.27. The molecule has 8 heteroatoms. The van der Waals surface area contributed by atoms with E-state index in [0.717, 1.165) is 25.7 Å². The summed E-state index contributed by atoms with van der Waals surface area (Å²) in [6.07, 6.45) is 7.30. The quantitative estimate of drug-likeness (QED) is 0.404. The van der Waals surface area contributed by atoms with Crippen molar-refractivity contribution in [2.75, 3.05) is 32.6 Å². The lowest BCUT2D eigenvalue weighted by molar-refractivity contribution is -0.142. The van der Waals surface area contributed by atoms with E-state index in [2.05, 4.69) is 6.92 Å². The van der Waals surface area contributed by atoms with E-state index in [-0.39, 0.29) is 12.7 Å². The molecule has 24 heavy (non-hydrogen) atoms. The third kappa shape index (κ3) is 13.7. The Kier molecular flexibility index (Phi) is 13.2. The molecule has 0 rings (SSSR count). The number of unbranched alkanes of at least 4 members (excludes halogenated alkanes) is 3. The molecule has 0 saturated carbocycles. The Hall–Kier alpha value is -0.700. The number of aliphatic hydroxyl groups is 1. The van der Waals surface area contributed by atoms with Gasteiger partial charge in [-0.15, -0.1) is 0 Å². The van der Waals surface area contributed by atoms with Gasteiger partial charge in [0.2, 0.25) is 10.0 Å². The normalized spacial score (nSPS) is 13.3. The van der Waals surface area contributed by atoms with Gasteiger partial charge in [-0.05, 0) is 32.1 Å². The van der Waals surface area contributed by atoms with Gasteiger partial charge in [0, 0.05) is 19.7 Å². The minimum atomic E-state index is -3.27. The average Bonchev–Trinajstić information content (AvgIpc) is 2.47. The minimum absolute atomic E-state index is 0.306. The number of carboxylic acid groups (broad SMARTS) is 1. The van der Waals surface area contributed by atoms with Crippen molar-refractivity contribution in [2.45, 2.75) is 64.4 Å². The molecule has 0 spiro atoms. The fourth-order valence-electron chi connectivity index (χ4n) is 2.37. The van der Waals surface area contributed by atoms with Gasteiger partial charge >= 0.3 is 5.97 Å². The number of ether oxygens (including phenoxy) is 1. The second-order valence-corrected chi connectivity index (χ2v) is 8.09. The van der Waals surface area contributed by atoms with Crippen molar-refractivity contribution in [1.29, 1.82) is 0 Å². The van der Waals surface area contributed by atoms with E-state index < -0.39 is 16.0 Å². The number of hydrogen-bond donors (Lipinski definition) is 2. The summed E-state index contributed by atoms with van der Waals surface area (Å²) < 4.78 is 29.9. The van der Waals surface area contributed by atoms with Crippen molar-refractivity contribution in [2.24, 2.45) is 0 Å². The van der Waals surface area contributed by atoms with Gasteiger partial charge in [0.05, 0.1) is 12.4 Å². The number of carboxylic acids is 1. The lowest BCUT2D eigenvalue weighted by Crippen LogP contribution is -2.32. The van der Waals surface area contributed by atoms with Crippen LogP contribution in [0.15, 0.2) is 0 Å². The molecule has 0 aliphatic heterocycles. The number of sulfonamides is 1. The number of aliphatic carboxylic acids is 1. The topological polar surface area (TPSA) is 104 Å². The van der Waals surface area contributed by atoms with E-state index in [1.165, 1.54) is 10.6 Å². The van der Waals surface area contributed by atoms with Crippen molar-refractivity contribution in [1.82, 2.24) is 4.31 Å². The first-order valence-electron chi connectivity index (χ1n) is 8.70. The van der Waals surface area contributed by atoms with Gasteiger partial charge in [0.1, 0.15) is 6.61 Å². The predicted octanol–water partition coefficient (Wildman–Crippen LogP) is 1.85. The van der Waals surface area contributed by atoms with Gasteiger partial charge < -0.3 is 14.9 Å². The molecule has 0 radical (unpaired) electrons. The van der Waals surface area contributed by atoms with E-state index >= 15 is 0 Å². The smallest absolute Gasteiger partial charge is 0.329 e. The van der Waals surface area contributed by atoms with Crippen LogP contribution in [0.3, 0.4) is 0 Å². The summed E-state index contributed by atoms with van der Waals surface area (Å²) in [5.41, 5.74) is 0. The molecule has 0 aliphatic rings. The Morgan fingerprint density at radius 2 is 1.71 bits per heavy atom. The fourth-order valence-corrected chi connectivity index (χ4v) is 3.29. The standard InChI is InChI=1S/C16H33NO6S/c1-3-4-5-9-15(18)10-8-12-17(24(2,21)22)11-6-7-13-23-14-16(19)20/h15,18H,3-14H2,1-2H3,(H,19,20)/t15-/m1/s1. The van der Waals surface area contributed by atoms with Crippen molar-refractivity contribution >= 4 is 16.0 Å². The van der Waals surface area contributed by atoms with E-state index in [0.29, 0.717) is 45.4 Å². The summed E-state index contributed by atoms with van der Waals surface area (Å²) in [4.78, 5) is 10.3. The maximum atomic E-state index is 11.8. The zero-order valence-electron chi connectivity index (χ0n) is 14.9. The number of carbonyl (C=O) groups is 1. The van der Waals surface area contributed by atoms with Crippen LogP contribution in [-0.2, 0) is 19.6 Å². The first-order chi connectivity index (χ1) is 11.3.